The first-order valence-corrected chi connectivity index (χ1v) is 8.58. The van der Waals surface area contributed by atoms with Gasteiger partial charge in [0.1, 0.15) is 0 Å². The first-order chi connectivity index (χ1) is 10.6. The Morgan fingerprint density at radius 2 is 1.82 bits per heavy atom. The maximum Gasteiger partial charge on any atom is 0.0406 e. The van der Waals surface area contributed by atoms with E-state index in [0.717, 1.165) is 24.5 Å². The molecule has 0 radical (unpaired) electrons. The van der Waals surface area contributed by atoms with Gasteiger partial charge in [-0.1, -0.05) is 55.8 Å². The Morgan fingerprint density at radius 1 is 1.05 bits per heavy atom. The minimum atomic E-state index is 0.606. The van der Waals surface area contributed by atoms with Gasteiger partial charge in [0.25, 0.3) is 0 Å². The smallest absolute Gasteiger partial charge is 0.0406 e. The molecular formula is C20H24ClN. The number of nitrogens with zero attached hydrogens (tertiary/aromatic N) is 1. The number of hydrogen-bond acceptors (Lipinski definition) is 1. The molecule has 0 saturated heterocycles. The summed E-state index contributed by atoms with van der Waals surface area (Å²) in [5.74, 6) is 0.606. The second-order valence-corrected chi connectivity index (χ2v) is 7.02. The molecule has 22 heavy (non-hydrogen) atoms. The van der Waals surface area contributed by atoms with Crippen LogP contribution < -0.4 is 0 Å². The van der Waals surface area contributed by atoms with Gasteiger partial charge in [0.2, 0.25) is 0 Å². The SMILES string of the molecule is CC(C)c1ccc2c(c1)CN(CCc1ccc(Cl)cc1)CC2. The van der Waals surface area contributed by atoms with Crippen molar-refractivity contribution >= 4 is 11.6 Å². The van der Waals surface area contributed by atoms with Crippen LogP contribution in [0.3, 0.4) is 0 Å². The highest BCUT2D eigenvalue weighted by Crippen LogP contribution is 2.24. The zero-order chi connectivity index (χ0) is 15.5. The molecule has 0 aliphatic carbocycles. The summed E-state index contributed by atoms with van der Waals surface area (Å²) in [6.07, 6.45) is 2.27. The van der Waals surface area contributed by atoms with Crippen LogP contribution in [0.5, 0.6) is 0 Å². The first-order valence-electron chi connectivity index (χ1n) is 8.20. The Bertz CT molecular complexity index is 631. The van der Waals surface area contributed by atoms with Gasteiger partial charge in [-0.15, -0.1) is 0 Å². The zero-order valence-electron chi connectivity index (χ0n) is 13.5. The third-order valence-electron chi connectivity index (χ3n) is 4.62. The number of hydrogen-bond donors (Lipinski definition) is 0. The summed E-state index contributed by atoms with van der Waals surface area (Å²) in [6.45, 7) is 7.91. The van der Waals surface area contributed by atoms with E-state index in [1.165, 1.54) is 35.2 Å². The fourth-order valence-corrected chi connectivity index (χ4v) is 3.25. The second kappa shape index (κ2) is 6.85. The number of fused-ring (bicyclic) bond motifs is 1. The lowest BCUT2D eigenvalue weighted by Gasteiger charge is -2.29. The predicted molar refractivity (Wildman–Crippen MR) is 94.7 cm³/mol. The van der Waals surface area contributed by atoms with Crippen LogP contribution >= 0.6 is 11.6 Å². The molecule has 3 rings (SSSR count). The third-order valence-corrected chi connectivity index (χ3v) is 4.87. The van der Waals surface area contributed by atoms with E-state index >= 15 is 0 Å². The molecule has 1 aliphatic heterocycles. The highest BCUT2D eigenvalue weighted by atomic mass is 35.5. The molecule has 0 fully saturated rings. The van der Waals surface area contributed by atoms with E-state index in [0.29, 0.717) is 5.92 Å². The summed E-state index contributed by atoms with van der Waals surface area (Å²) in [5, 5.41) is 0.817. The predicted octanol–water partition coefficient (Wildman–Crippen LogP) is 5.06. The van der Waals surface area contributed by atoms with Gasteiger partial charge in [-0.25, -0.2) is 0 Å². The van der Waals surface area contributed by atoms with E-state index in [9.17, 15) is 0 Å². The molecule has 0 N–H and O–H groups in total. The van der Waals surface area contributed by atoms with Gasteiger partial charge in [-0.3, -0.25) is 4.90 Å². The summed E-state index contributed by atoms with van der Waals surface area (Å²) in [7, 11) is 0. The number of benzene rings is 2. The van der Waals surface area contributed by atoms with Crippen LogP contribution in [0.15, 0.2) is 42.5 Å². The molecule has 0 bridgehead atoms. The van der Waals surface area contributed by atoms with Crippen LogP contribution in [0.4, 0.5) is 0 Å². The Labute approximate surface area is 138 Å². The maximum atomic E-state index is 5.95. The van der Waals surface area contributed by atoms with Crippen molar-refractivity contribution in [1.29, 1.82) is 0 Å². The standard InChI is InChI=1S/C20H24ClN/c1-15(2)18-6-5-17-10-12-22(14-19(17)13-18)11-9-16-3-7-20(21)8-4-16/h3-8,13,15H,9-12,14H2,1-2H3. The van der Waals surface area contributed by atoms with Crippen LogP contribution in [-0.2, 0) is 19.4 Å². The Kier molecular flexibility index (Phi) is 4.85. The van der Waals surface area contributed by atoms with E-state index < -0.39 is 0 Å². The zero-order valence-corrected chi connectivity index (χ0v) is 14.2. The fourth-order valence-electron chi connectivity index (χ4n) is 3.12. The molecule has 0 aromatic heterocycles. The minimum absolute atomic E-state index is 0.606. The van der Waals surface area contributed by atoms with Crippen molar-refractivity contribution < 1.29 is 0 Å². The molecule has 1 heterocycles. The van der Waals surface area contributed by atoms with E-state index in [1.807, 2.05) is 12.1 Å². The van der Waals surface area contributed by atoms with Crippen molar-refractivity contribution in [3.63, 3.8) is 0 Å². The second-order valence-electron chi connectivity index (χ2n) is 6.59. The van der Waals surface area contributed by atoms with Gasteiger partial charge in [-0.05, 0) is 53.1 Å². The minimum Gasteiger partial charge on any atom is -0.298 e. The molecule has 0 spiro atoms. The molecule has 0 atom stereocenters. The lowest BCUT2D eigenvalue weighted by Crippen LogP contribution is -2.32. The van der Waals surface area contributed by atoms with E-state index in [4.69, 9.17) is 11.6 Å². The van der Waals surface area contributed by atoms with Crippen molar-refractivity contribution in [1.82, 2.24) is 4.90 Å². The summed E-state index contributed by atoms with van der Waals surface area (Å²) in [6, 6.07) is 15.3. The lowest BCUT2D eigenvalue weighted by atomic mass is 9.93. The highest BCUT2D eigenvalue weighted by Gasteiger charge is 2.16. The quantitative estimate of drug-likeness (QED) is 0.762. The van der Waals surface area contributed by atoms with E-state index in [2.05, 4.69) is 49.1 Å². The van der Waals surface area contributed by atoms with E-state index in [-0.39, 0.29) is 0 Å². The van der Waals surface area contributed by atoms with E-state index in [1.54, 1.807) is 0 Å². The maximum absolute atomic E-state index is 5.95. The van der Waals surface area contributed by atoms with Gasteiger partial charge in [0.05, 0.1) is 0 Å². The monoisotopic (exact) mass is 313 g/mol. The molecule has 0 unspecified atom stereocenters. The van der Waals surface area contributed by atoms with Gasteiger partial charge >= 0.3 is 0 Å². The Morgan fingerprint density at radius 3 is 2.55 bits per heavy atom. The highest BCUT2D eigenvalue weighted by molar-refractivity contribution is 6.30. The lowest BCUT2D eigenvalue weighted by molar-refractivity contribution is 0.257. The molecule has 2 heteroatoms. The average Bonchev–Trinajstić information content (AvgIpc) is 2.53. The molecular weight excluding hydrogens is 290 g/mol. The van der Waals surface area contributed by atoms with Crippen LogP contribution in [-0.4, -0.2) is 18.0 Å². The van der Waals surface area contributed by atoms with Gasteiger partial charge in [0.15, 0.2) is 0 Å². The number of halogens is 1. The van der Waals surface area contributed by atoms with Gasteiger partial charge in [0, 0.05) is 24.7 Å². The third kappa shape index (κ3) is 3.71. The Balaban J connectivity index is 1.63. The van der Waals surface area contributed by atoms with Crippen molar-refractivity contribution in [2.75, 3.05) is 13.1 Å². The molecule has 1 nitrogen and oxygen atoms in total. The first kappa shape index (κ1) is 15.6. The molecule has 2 aromatic carbocycles. The van der Waals surface area contributed by atoms with Crippen molar-refractivity contribution in [2.45, 2.75) is 39.2 Å². The molecule has 1 aliphatic rings. The van der Waals surface area contributed by atoms with Crippen LogP contribution in [0.1, 0.15) is 42.0 Å². The Hall–Kier alpha value is -1.31. The normalized spacial score (nSPS) is 15.1. The summed E-state index contributed by atoms with van der Waals surface area (Å²) >= 11 is 5.95. The number of rotatable bonds is 4. The molecule has 2 aromatic rings. The molecule has 116 valence electrons. The van der Waals surface area contributed by atoms with Crippen LogP contribution in [0.25, 0.3) is 0 Å². The largest absolute Gasteiger partial charge is 0.298 e. The molecule has 0 saturated carbocycles. The topological polar surface area (TPSA) is 3.24 Å². The van der Waals surface area contributed by atoms with Crippen LogP contribution in [0.2, 0.25) is 5.02 Å². The summed E-state index contributed by atoms with van der Waals surface area (Å²) in [5.41, 5.74) is 5.88. The van der Waals surface area contributed by atoms with Crippen molar-refractivity contribution in [2.24, 2.45) is 0 Å². The molecule has 0 amide bonds. The summed E-state index contributed by atoms with van der Waals surface area (Å²) < 4.78 is 0. The van der Waals surface area contributed by atoms with Crippen molar-refractivity contribution in [3.8, 4) is 0 Å². The average molecular weight is 314 g/mol. The fraction of sp³-hybridized carbons (Fsp3) is 0.400. The van der Waals surface area contributed by atoms with Gasteiger partial charge in [-0.2, -0.15) is 0 Å². The summed E-state index contributed by atoms with van der Waals surface area (Å²) in [4.78, 5) is 2.57. The van der Waals surface area contributed by atoms with Crippen molar-refractivity contribution in [3.05, 3.63) is 69.7 Å². The van der Waals surface area contributed by atoms with Gasteiger partial charge < -0.3 is 0 Å². The van der Waals surface area contributed by atoms with Crippen LogP contribution in [0, 0.1) is 0 Å².